The van der Waals surface area contributed by atoms with Gasteiger partial charge < -0.3 is 4.74 Å². The first-order chi connectivity index (χ1) is 18.1. The molecule has 0 aliphatic heterocycles. The second-order valence-corrected chi connectivity index (χ2v) is 9.97. The molecule has 4 aromatic rings. The summed E-state index contributed by atoms with van der Waals surface area (Å²) < 4.78 is 78.8. The van der Waals surface area contributed by atoms with Crippen molar-refractivity contribution in [1.29, 1.82) is 0 Å². The van der Waals surface area contributed by atoms with Gasteiger partial charge in [-0.25, -0.2) is 31.1 Å². The van der Waals surface area contributed by atoms with Crippen molar-refractivity contribution in [3.63, 3.8) is 0 Å². The molecule has 0 heterocycles. The van der Waals surface area contributed by atoms with Crippen LogP contribution in [-0.4, -0.2) is 12.1 Å². The Morgan fingerprint density at radius 1 is 0.816 bits per heavy atom. The second-order valence-electron chi connectivity index (χ2n) is 9.05. The molecular weight excluding hydrogens is 574 g/mol. The maximum Gasteiger partial charge on any atom is 0.338 e. The molecule has 1 aliphatic carbocycles. The summed E-state index contributed by atoms with van der Waals surface area (Å²) >= 11 is 3.38. The average Bonchev–Trinajstić information content (AvgIpc) is 3.68. The highest BCUT2D eigenvalue weighted by atomic mass is 79.9. The molecule has 3 atom stereocenters. The fourth-order valence-electron chi connectivity index (χ4n) is 4.24. The van der Waals surface area contributed by atoms with E-state index in [2.05, 4.69) is 58.4 Å². The van der Waals surface area contributed by atoms with Crippen molar-refractivity contribution in [1.82, 2.24) is 0 Å². The summed E-state index contributed by atoms with van der Waals surface area (Å²) in [7, 11) is 0. The standard InChI is InChI=1S/C23H21BrO2.C6F6/c1-15(26-23(25)17-8-10-21(24)11-9-17)12-20-14-22(20)19-7-6-16-4-2-3-5-18(16)13-19;7-1-2(8)4(10)6(12)5(11)3(1)9/h2-11,13,15,20,22H,12,14H2,1H3;/t15-,20-,22-;/m0./s1. The Balaban J connectivity index is 0.000000236. The summed E-state index contributed by atoms with van der Waals surface area (Å²) in [6.07, 6.45) is 2.03. The van der Waals surface area contributed by atoms with E-state index < -0.39 is 34.9 Å². The van der Waals surface area contributed by atoms with Crippen LogP contribution in [0.5, 0.6) is 0 Å². The summed E-state index contributed by atoms with van der Waals surface area (Å²) in [5.41, 5.74) is 2.00. The number of hydrogen-bond donors (Lipinski definition) is 0. The van der Waals surface area contributed by atoms with Crippen molar-refractivity contribution >= 4 is 32.7 Å². The van der Waals surface area contributed by atoms with Crippen LogP contribution in [0.4, 0.5) is 26.3 Å². The predicted octanol–water partition coefficient (Wildman–Crippen LogP) is 8.86. The third kappa shape index (κ3) is 6.20. The normalized spacial score (nSPS) is 16.9. The predicted molar refractivity (Wildman–Crippen MR) is 135 cm³/mol. The minimum Gasteiger partial charge on any atom is -0.459 e. The molecule has 0 bridgehead atoms. The molecule has 0 aromatic heterocycles. The van der Waals surface area contributed by atoms with E-state index in [9.17, 15) is 31.1 Å². The van der Waals surface area contributed by atoms with Crippen molar-refractivity contribution in [3.05, 3.63) is 117 Å². The van der Waals surface area contributed by atoms with Crippen LogP contribution in [-0.2, 0) is 4.74 Å². The van der Waals surface area contributed by atoms with Gasteiger partial charge in [0.15, 0.2) is 0 Å². The highest BCUT2D eigenvalue weighted by Crippen LogP contribution is 2.50. The molecule has 0 saturated heterocycles. The minimum absolute atomic E-state index is 0.0680. The molecule has 0 N–H and O–H groups in total. The van der Waals surface area contributed by atoms with Crippen molar-refractivity contribution in [3.8, 4) is 0 Å². The van der Waals surface area contributed by atoms with Gasteiger partial charge in [0, 0.05) is 4.47 Å². The lowest BCUT2D eigenvalue weighted by molar-refractivity contribution is 0.0312. The van der Waals surface area contributed by atoms with Gasteiger partial charge in [0.1, 0.15) is 0 Å². The molecule has 9 heteroatoms. The second kappa shape index (κ2) is 11.6. The molecule has 4 aromatic carbocycles. The largest absolute Gasteiger partial charge is 0.459 e. The SMILES string of the molecule is C[C@@H](C[C@H]1C[C@H]1c1ccc2ccccc2c1)OC(=O)c1ccc(Br)cc1.Fc1c(F)c(F)c(F)c(F)c1F. The lowest BCUT2D eigenvalue weighted by Crippen LogP contribution is -2.15. The first-order valence-electron chi connectivity index (χ1n) is 11.7. The summed E-state index contributed by atoms with van der Waals surface area (Å²) in [4.78, 5) is 12.2. The Bertz CT molecular complexity index is 1370. The number of carbonyl (C=O) groups excluding carboxylic acids is 1. The van der Waals surface area contributed by atoms with E-state index in [1.165, 1.54) is 22.8 Å². The third-order valence-corrected chi connectivity index (χ3v) is 6.83. The zero-order valence-electron chi connectivity index (χ0n) is 20.0. The van der Waals surface area contributed by atoms with Crippen molar-refractivity contribution in [2.75, 3.05) is 0 Å². The lowest BCUT2D eigenvalue weighted by Gasteiger charge is -2.13. The Morgan fingerprint density at radius 3 is 1.89 bits per heavy atom. The van der Waals surface area contributed by atoms with Crippen LogP contribution in [0.25, 0.3) is 10.8 Å². The van der Waals surface area contributed by atoms with E-state index in [4.69, 9.17) is 4.74 Å². The summed E-state index contributed by atoms with van der Waals surface area (Å²) in [6, 6.07) is 22.5. The molecule has 5 rings (SSSR count). The van der Waals surface area contributed by atoms with Crippen LogP contribution in [0.1, 0.15) is 41.6 Å². The molecule has 1 saturated carbocycles. The van der Waals surface area contributed by atoms with Gasteiger partial charge >= 0.3 is 5.97 Å². The van der Waals surface area contributed by atoms with E-state index >= 15 is 0 Å². The monoisotopic (exact) mass is 594 g/mol. The number of carbonyl (C=O) groups is 1. The van der Waals surface area contributed by atoms with Crippen molar-refractivity contribution in [2.45, 2.75) is 31.8 Å². The smallest absolute Gasteiger partial charge is 0.338 e. The molecule has 1 fully saturated rings. The molecule has 0 unspecified atom stereocenters. The fraction of sp³-hybridized carbons (Fsp3) is 0.207. The van der Waals surface area contributed by atoms with Crippen LogP contribution in [0.2, 0.25) is 0 Å². The molecule has 198 valence electrons. The van der Waals surface area contributed by atoms with Crippen molar-refractivity contribution in [2.24, 2.45) is 5.92 Å². The Morgan fingerprint density at radius 2 is 1.34 bits per heavy atom. The van der Waals surface area contributed by atoms with E-state index in [1.807, 2.05) is 19.1 Å². The summed E-state index contributed by atoms with van der Waals surface area (Å²) in [6.45, 7) is 1.99. The van der Waals surface area contributed by atoms with Gasteiger partial charge in [-0.2, -0.15) is 0 Å². The van der Waals surface area contributed by atoms with E-state index in [0.717, 1.165) is 10.9 Å². The number of esters is 1. The highest BCUT2D eigenvalue weighted by Gasteiger charge is 2.39. The van der Waals surface area contributed by atoms with Gasteiger partial charge in [0.05, 0.1) is 11.7 Å². The van der Waals surface area contributed by atoms with Crippen LogP contribution in [0, 0.1) is 40.8 Å². The van der Waals surface area contributed by atoms with Gasteiger partial charge in [-0.3, -0.25) is 0 Å². The topological polar surface area (TPSA) is 26.3 Å². The molecule has 0 spiro atoms. The van der Waals surface area contributed by atoms with Crippen LogP contribution in [0.3, 0.4) is 0 Å². The van der Waals surface area contributed by atoms with E-state index in [1.54, 1.807) is 12.1 Å². The van der Waals surface area contributed by atoms with Gasteiger partial charge in [-0.1, -0.05) is 58.4 Å². The average molecular weight is 595 g/mol. The summed E-state index contributed by atoms with van der Waals surface area (Å²) in [5.74, 6) is -13.3. The van der Waals surface area contributed by atoms with Crippen LogP contribution in [0.15, 0.2) is 71.2 Å². The van der Waals surface area contributed by atoms with Crippen molar-refractivity contribution < 1.29 is 35.9 Å². The first kappa shape index (κ1) is 27.7. The molecule has 38 heavy (non-hydrogen) atoms. The minimum atomic E-state index is -2.37. The third-order valence-electron chi connectivity index (χ3n) is 6.30. The fourth-order valence-corrected chi connectivity index (χ4v) is 4.51. The van der Waals surface area contributed by atoms with Gasteiger partial charge in [0.2, 0.25) is 34.9 Å². The number of rotatable bonds is 5. The number of halogens is 7. The van der Waals surface area contributed by atoms with E-state index in [-0.39, 0.29) is 12.1 Å². The summed E-state index contributed by atoms with van der Waals surface area (Å²) in [5, 5.41) is 2.58. The molecular formula is C29H21BrF6O2. The number of ether oxygens (including phenoxy) is 1. The number of fused-ring (bicyclic) bond motifs is 1. The van der Waals surface area contributed by atoms with E-state index in [0.29, 0.717) is 17.4 Å². The van der Waals surface area contributed by atoms with Gasteiger partial charge in [0.25, 0.3) is 0 Å². The maximum absolute atomic E-state index is 12.2. The lowest BCUT2D eigenvalue weighted by atomic mass is 10.0. The molecule has 0 radical (unpaired) electrons. The highest BCUT2D eigenvalue weighted by molar-refractivity contribution is 9.10. The molecule has 0 amide bonds. The molecule has 2 nitrogen and oxygen atoms in total. The Hall–Kier alpha value is -3.33. The van der Waals surface area contributed by atoms with Gasteiger partial charge in [-0.05, 0) is 72.2 Å². The number of benzene rings is 4. The zero-order chi connectivity index (χ0) is 27.6. The number of hydrogen-bond acceptors (Lipinski definition) is 2. The Labute approximate surface area is 223 Å². The molecule has 1 aliphatic rings. The quantitative estimate of drug-likeness (QED) is 0.0998. The first-order valence-corrected chi connectivity index (χ1v) is 12.5. The Kier molecular flexibility index (Phi) is 8.45. The van der Waals surface area contributed by atoms with Gasteiger partial charge in [-0.15, -0.1) is 0 Å². The van der Waals surface area contributed by atoms with Crippen LogP contribution >= 0.6 is 15.9 Å². The maximum atomic E-state index is 12.2. The van der Waals surface area contributed by atoms with Crippen LogP contribution < -0.4 is 0 Å². The zero-order valence-corrected chi connectivity index (χ0v) is 21.5.